The Morgan fingerprint density at radius 2 is 1.67 bits per heavy atom. The number of nitrogens with zero attached hydrogens (tertiary/aromatic N) is 2. The summed E-state index contributed by atoms with van der Waals surface area (Å²) in [4.78, 5) is 13.6. The molecular formula is C24H27F3N2O. The van der Waals surface area contributed by atoms with Gasteiger partial charge in [0.05, 0.1) is 17.2 Å². The van der Waals surface area contributed by atoms with Gasteiger partial charge in [-0.25, -0.2) is 0 Å². The van der Waals surface area contributed by atoms with Crippen LogP contribution < -0.4 is 4.90 Å². The molecule has 0 aliphatic heterocycles. The normalized spacial score (nSPS) is 11.0. The molecule has 6 heteroatoms. The number of amides is 1. The van der Waals surface area contributed by atoms with Gasteiger partial charge in [-0.1, -0.05) is 64.6 Å². The van der Waals surface area contributed by atoms with Crippen LogP contribution in [0.2, 0.25) is 0 Å². The molecule has 0 aromatic heterocycles. The standard InChI is InChI=1S/C16H17F3N2O.C8H10/c1-10(2)21(14(22)15(3,4)5)12-7-6-11(9-20)13(8-12)16(17,18)19;1-2-8-6-4-3-5-7-8/h6-8H,1H2,2-5H3;3-7H,2H2,1H3. The summed E-state index contributed by atoms with van der Waals surface area (Å²) in [6.07, 6.45) is -3.53. The summed E-state index contributed by atoms with van der Waals surface area (Å²) in [5.41, 5.74) is -0.587. The fourth-order valence-corrected chi connectivity index (χ4v) is 2.56. The first-order valence-electron chi connectivity index (χ1n) is 9.48. The molecule has 160 valence electrons. The summed E-state index contributed by atoms with van der Waals surface area (Å²) >= 11 is 0. The molecule has 30 heavy (non-hydrogen) atoms. The van der Waals surface area contributed by atoms with E-state index >= 15 is 0 Å². The molecule has 2 rings (SSSR count). The molecule has 0 bridgehead atoms. The van der Waals surface area contributed by atoms with Gasteiger partial charge in [-0.15, -0.1) is 0 Å². The van der Waals surface area contributed by atoms with Crippen LogP contribution in [0.3, 0.4) is 0 Å². The average Bonchev–Trinajstić information content (AvgIpc) is 2.67. The maximum atomic E-state index is 13.0. The summed E-state index contributed by atoms with van der Waals surface area (Å²) in [5, 5.41) is 8.81. The van der Waals surface area contributed by atoms with Crippen molar-refractivity contribution >= 4 is 11.6 Å². The van der Waals surface area contributed by atoms with Crippen LogP contribution in [0.4, 0.5) is 18.9 Å². The fraction of sp³-hybridized carbons (Fsp3) is 0.333. The molecule has 0 spiro atoms. The highest BCUT2D eigenvalue weighted by Crippen LogP contribution is 2.36. The van der Waals surface area contributed by atoms with Crippen molar-refractivity contribution in [3.8, 4) is 6.07 Å². The van der Waals surface area contributed by atoms with E-state index in [0.717, 1.165) is 23.5 Å². The predicted molar refractivity (Wildman–Crippen MR) is 114 cm³/mol. The molecule has 2 aromatic rings. The molecule has 0 saturated carbocycles. The van der Waals surface area contributed by atoms with Crippen LogP contribution >= 0.6 is 0 Å². The van der Waals surface area contributed by atoms with Crippen LogP contribution in [-0.2, 0) is 17.4 Å². The van der Waals surface area contributed by atoms with E-state index in [0.29, 0.717) is 5.70 Å². The Balaban J connectivity index is 0.000000467. The molecule has 0 saturated heterocycles. The number of hydrogen-bond donors (Lipinski definition) is 0. The third-order valence-electron chi connectivity index (χ3n) is 4.16. The third kappa shape index (κ3) is 6.77. The van der Waals surface area contributed by atoms with Gasteiger partial charge >= 0.3 is 6.18 Å². The van der Waals surface area contributed by atoms with Gasteiger partial charge in [0.2, 0.25) is 5.91 Å². The van der Waals surface area contributed by atoms with Crippen molar-refractivity contribution in [1.82, 2.24) is 0 Å². The van der Waals surface area contributed by atoms with Crippen LogP contribution in [0.1, 0.15) is 51.3 Å². The maximum Gasteiger partial charge on any atom is 0.417 e. The second-order valence-electron chi connectivity index (χ2n) is 7.80. The summed E-state index contributed by atoms with van der Waals surface area (Å²) in [7, 11) is 0. The average molecular weight is 416 g/mol. The minimum Gasteiger partial charge on any atom is -0.285 e. The lowest BCUT2D eigenvalue weighted by atomic mass is 9.94. The summed E-state index contributed by atoms with van der Waals surface area (Å²) in [6.45, 7) is 12.4. The second kappa shape index (κ2) is 10.1. The summed E-state index contributed by atoms with van der Waals surface area (Å²) in [6, 6.07) is 15.1. The van der Waals surface area contributed by atoms with Crippen molar-refractivity contribution < 1.29 is 18.0 Å². The van der Waals surface area contributed by atoms with E-state index in [4.69, 9.17) is 5.26 Å². The van der Waals surface area contributed by atoms with Crippen molar-refractivity contribution in [2.45, 2.75) is 47.2 Å². The molecule has 0 unspecified atom stereocenters. The maximum absolute atomic E-state index is 13.0. The lowest BCUT2D eigenvalue weighted by Gasteiger charge is -2.30. The monoisotopic (exact) mass is 416 g/mol. The molecule has 2 aromatic carbocycles. The number of nitriles is 1. The number of anilines is 1. The molecule has 0 fully saturated rings. The number of aryl methyl sites for hydroxylation is 1. The van der Waals surface area contributed by atoms with E-state index in [1.165, 1.54) is 24.6 Å². The lowest BCUT2D eigenvalue weighted by Crippen LogP contribution is -2.38. The van der Waals surface area contributed by atoms with E-state index in [2.05, 4.69) is 37.8 Å². The fourth-order valence-electron chi connectivity index (χ4n) is 2.56. The molecule has 0 radical (unpaired) electrons. The minimum absolute atomic E-state index is 0.0405. The lowest BCUT2D eigenvalue weighted by molar-refractivity contribution is -0.137. The van der Waals surface area contributed by atoms with Gasteiger partial charge in [-0.2, -0.15) is 18.4 Å². The number of hydrogen-bond acceptors (Lipinski definition) is 2. The van der Waals surface area contributed by atoms with E-state index in [1.807, 2.05) is 6.07 Å². The summed E-state index contributed by atoms with van der Waals surface area (Å²) in [5.74, 6) is -0.377. The van der Waals surface area contributed by atoms with Gasteiger partial charge in [-0.05, 0) is 37.1 Å². The van der Waals surface area contributed by atoms with Crippen LogP contribution in [0.25, 0.3) is 0 Å². The topological polar surface area (TPSA) is 44.1 Å². The largest absolute Gasteiger partial charge is 0.417 e. The number of rotatable bonds is 3. The minimum atomic E-state index is -4.67. The third-order valence-corrected chi connectivity index (χ3v) is 4.16. The Hall–Kier alpha value is -3.07. The Morgan fingerprint density at radius 1 is 1.10 bits per heavy atom. The highest BCUT2D eigenvalue weighted by Gasteiger charge is 2.36. The zero-order chi connectivity index (χ0) is 23.1. The van der Waals surface area contributed by atoms with E-state index in [9.17, 15) is 18.0 Å². The first-order chi connectivity index (χ1) is 13.8. The molecular weight excluding hydrogens is 389 g/mol. The van der Waals surface area contributed by atoms with Gasteiger partial charge in [0.1, 0.15) is 0 Å². The number of allylic oxidation sites excluding steroid dienone is 1. The van der Waals surface area contributed by atoms with Crippen LogP contribution in [0, 0.1) is 16.7 Å². The van der Waals surface area contributed by atoms with E-state index in [1.54, 1.807) is 20.8 Å². The van der Waals surface area contributed by atoms with Gasteiger partial charge in [-0.3, -0.25) is 9.69 Å². The molecule has 1 amide bonds. The first kappa shape index (κ1) is 25.0. The Morgan fingerprint density at radius 3 is 2.03 bits per heavy atom. The molecule has 3 nitrogen and oxygen atoms in total. The van der Waals surface area contributed by atoms with Gasteiger partial charge in [0.15, 0.2) is 0 Å². The van der Waals surface area contributed by atoms with E-state index in [-0.39, 0.29) is 11.6 Å². The number of alkyl halides is 3. The van der Waals surface area contributed by atoms with E-state index < -0.39 is 22.7 Å². The van der Waals surface area contributed by atoms with Gasteiger partial charge in [0.25, 0.3) is 0 Å². The quantitative estimate of drug-likeness (QED) is 0.556. The smallest absolute Gasteiger partial charge is 0.285 e. The summed E-state index contributed by atoms with van der Waals surface area (Å²) < 4.78 is 39.1. The van der Waals surface area contributed by atoms with Crippen molar-refractivity contribution in [3.63, 3.8) is 0 Å². The van der Waals surface area contributed by atoms with Crippen LogP contribution in [0.5, 0.6) is 0 Å². The number of benzene rings is 2. The Labute approximate surface area is 176 Å². The number of carbonyl (C=O) groups is 1. The molecule has 0 aliphatic rings. The highest BCUT2D eigenvalue weighted by molar-refractivity contribution is 5.99. The van der Waals surface area contributed by atoms with Crippen molar-refractivity contribution in [1.29, 1.82) is 5.26 Å². The molecule has 0 heterocycles. The number of carbonyl (C=O) groups excluding carboxylic acids is 1. The molecule has 0 aliphatic carbocycles. The van der Waals surface area contributed by atoms with Gasteiger partial charge < -0.3 is 0 Å². The highest BCUT2D eigenvalue weighted by atomic mass is 19.4. The predicted octanol–water partition coefficient (Wildman–Crippen LogP) is 6.74. The van der Waals surface area contributed by atoms with Crippen LogP contribution in [-0.4, -0.2) is 5.91 Å². The second-order valence-corrected chi connectivity index (χ2v) is 7.80. The zero-order valence-corrected chi connectivity index (χ0v) is 18.0. The van der Waals surface area contributed by atoms with Gasteiger partial charge in [0, 0.05) is 16.8 Å². The zero-order valence-electron chi connectivity index (χ0n) is 18.0. The van der Waals surface area contributed by atoms with Crippen LogP contribution in [0.15, 0.2) is 60.8 Å². The van der Waals surface area contributed by atoms with Crippen molar-refractivity contribution in [3.05, 3.63) is 77.5 Å². The SMILES string of the molecule is C=C(C)N(C(=O)C(C)(C)C)c1ccc(C#N)c(C(F)(F)F)c1.CCc1ccccc1. The number of halogens is 3. The van der Waals surface area contributed by atoms with Crippen molar-refractivity contribution in [2.75, 3.05) is 4.90 Å². The molecule has 0 N–H and O–H groups in total. The Bertz CT molecular complexity index is 920. The van der Waals surface area contributed by atoms with Crippen molar-refractivity contribution in [2.24, 2.45) is 5.41 Å². The first-order valence-corrected chi connectivity index (χ1v) is 9.48. The molecule has 0 atom stereocenters. The Kier molecular flexibility index (Phi) is 8.41.